The molecule has 2 heterocycles. The number of nitrogens with zero attached hydrogens (tertiary/aromatic N) is 3. The van der Waals surface area contributed by atoms with Gasteiger partial charge in [0, 0.05) is 11.6 Å². The largest absolute Gasteiger partial charge is 0.364 e. The van der Waals surface area contributed by atoms with Crippen molar-refractivity contribution >= 4 is 17.1 Å². The summed E-state index contributed by atoms with van der Waals surface area (Å²) in [6.07, 6.45) is 5.22. The fourth-order valence-electron chi connectivity index (χ4n) is 4.00. The number of amides is 1. The highest BCUT2D eigenvalue weighted by Gasteiger charge is 2.24. The number of hydrogen-bond acceptors (Lipinski definition) is 4. The van der Waals surface area contributed by atoms with Crippen LogP contribution in [-0.4, -0.2) is 25.4 Å². The molecule has 28 heavy (non-hydrogen) atoms. The molecule has 2 aromatic heterocycles. The van der Waals surface area contributed by atoms with Crippen LogP contribution in [0.4, 0.5) is 0 Å². The molecule has 1 aliphatic carbocycles. The van der Waals surface area contributed by atoms with Crippen molar-refractivity contribution in [2.45, 2.75) is 57.9 Å². The molecule has 1 aromatic carbocycles. The Morgan fingerprint density at radius 3 is 2.43 bits per heavy atom. The summed E-state index contributed by atoms with van der Waals surface area (Å²) in [6.45, 7) is 4.26. The van der Waals surface area contributed by atoms with Crippen molar-refractivity contribution < 1.29 is 4.79 Å². The first-order valence-electron chi connectivity index (χ1n) is 9.88. The third-order valence-corrected chi connectivity index (χ3v) is 5.58. The number of carbonyl (C=O) groups is 1. The molecule has 0 saturated heterocycles. The lowest BCUT2D eigenvalue weighted by atomic mass is 9.95. The van der Waals surface area contributed by atoms with E-state index >= 15 is 0 Å². The van der Waals surface area contributed by atoms with E-state index < -0.39 is 5.91 Å². The van der Waals surface area contributed by atoms with Crippen LogP contribution in [0.5, 0.6) is 0 Å². The third kappa shape index (κ3) is 3.21. The molecule has 3 aromatic rings. The summed E-state index contributed by atoms with van der Waals surface area (Å²) in [5, 5.41) is 0. The van der Waals surface area contributed by atoms with Gasteiger partial charge in [0.25, 0.3) is 5.91 Å². The lowest BCUT2D eigenvalue weighted by Crippen LogP contribution is -2.24. The first kappa shape index (κ1) is 18.4. The molecule has 1 amide bonds. The Kier molecular flexibility index (Phi) is 4.75. The third-order valence-electron chi connectivity index (χ3n) is 5.58. The summed E-state index contributed by atoms with van der Waals surface area (Å²) in [7, 11) is 0. The highest BCUT2D eigenvalue weighted by atomic mass is 16.2. The Bertz CT molecular complexity index is 1070. The number of H-pyrrole nitrogens is 1. The van der Waals surface area contributed by atoms with Crippen LogP contribution in [0.3, 0.4) is 0 Å². The predicted molar refractivity (Wildman–Crippen MR) is 108 cm³/mol. The topological polar surface area (TPSA) is 107 Å². The van der Waals surface area contributed by atoms with Crippen molar-refractivity contribution in [3.05, 3.63) is 46.0 Å². The van der Waals surface area contributed by atoms with Gasteiger partial charge in [-0.1, -0.05) is 57.4 Å². The molecule has 7 nitrogen and oxygen atoms in total. The molecule has 146 valence electrons. The molecule has 0 bridgehead atoms. The normalized spacial score (nSPS) is 15.4. The van der Waals surface area contributed by atoms with Gasteiger partial charge in [-0.2, -0.15) is 0 Å². The quantitative estimate of drug-likeness (QED) is 0.723. The Labute approximate surface area is 163 Å². The molecule has 0 spiro atoms. The van der Waals surface area contributed by atoms with Crippen LogP contribution >= 0.6 is 0 Å². The monoisotopic (exact) mass is 379 g/mol. The van der Waals surface area contributed by atoms with Crippen LogP contribution in [-0.2, 0) is 0 Å². The molecule has 3 N–H and O–H groups in total. The zero-order valence-electron chi connectivity index (χ0n) is 16.2. The minimum absolute atomic E-state index is 0.0552. The second kappa shape index (κ2) is 7.22. The van der Waals surface area contributed by atoms with Gasteiger partial charge in [0.15, 0.2) is 17.2 Å². The smallest absolute Gasteiger partial charge is 0.327 e. The van der Waals surface area contributed by atoms with Crippen LogP contribution in [0.2, 0.25) is 0 Å². The maximum Gasteiger partial charge on any atom is 0.327 e. The highest BCUT2D eigenvalue weighted by molar-refractivity contribution is 6.01. The molecule has 1 saturated carbocycles. The average molecular weight is 379 g/mol. The second-order valence-electron chi connectivity index (χ2n) is 7.83. The molecule has 0 unspecified atom stereocenters. The second-order valence-corrected chi connectivity index (χ2v) is 7.83. The van der Waals surface area contributed by atoms with Crippen molar-refractivity contribution in [1.82, 2.24) is 19.5 Å². The average Bonchev–Trinajstić information content (AvgIpc) is 3.03. The van der Waals surface area contributed by atoms with E-state index in [0.717, 1.165) is 31.2 Å². The first-order valence-corrected chi connectivity index (χ1v) is 9.88. The van der Waals surface area contributed by atoms with Gasteiger partial charge in [0.05, 0.1) is 0 Å². The van der Waals surface area contributed by atoms with Crippen molar-refractivity contribution in [1.29, 1.82) is 0 Å². The summed E-state index contributed by atoms with van der Waals surface area (Å²) >= 11 is 0. The van der Waals surface area contributed by atoms with Gasteiger partial charge < -0.3 is 10.7 Å². The summed E-state index contributed by atoms with van der Waals surface area (Å²) in [5.41, 5.74) is 8.15. The van der Waals surface area contributed by atoms with Gasteiger partial charge in [-0.05, 0) is 24.3 Å². The number of primary amides is 1. The van der Waals surface area contributed by atoms with E-state index in [2.05, 4.69) is 28.8 Å². The molecule has 1 aliphatic rings. The summed E-state index contributed by atoms with van der Waals surface area (Å²) in [5.74, 6) is 0.143. The van der Waals surface area contributed by atoms with E-state index in [1.54, 1.807) is 4.57 Å². The summed E-state index contributed by atoms with van der Waals surface area (Å²) in [4.78, 5) is 36.5. The number of aromatic nitrogens is 4. The van der Waals surface area contributed by atoms with E-state index in [4.69, 9.17) is 5.73 Å². The molecule has 7 heteroatoms. The fraction of sp³-hybridized carbons (Fsp3) is 0.429. The van der Waals surface area contributed by atoms with Gasteiger partial charge in [0.1, 0.15) is 5.52 Å². The van der Waals surface area contributed by atoms with Crippen molar-refractivity contribution in [3.8, 4) is 11.4 Å². The summed E-state index contributed by atoms with van der Waals surface area (Å²) < 4.78 is 1.69. The number of fused-ring (bicyclic) bond motifs is 1. The molecular formula is C21H25N5O2. The van der Waals surface area contributed by atoms with Gasteiger partial charge in [0.2, 0.25) is 0 Å². The Hall–Kier alpha value is -2.96. The van der Waals surface area contributed by atoms with Crippen molar-refractivity contribution in [2.75, 3.05) is 0 Å². The van der Waals surface area contributed by atoms with Crippen LogP contribution in [0.1, 0.15) is 74.0 Å². The SMILES string of the molecule is CC(C)c1ccc(-c2nc(C(N)=O)c3[nH]c(=O)n(C4CCCCC4)c3n2)cc1. The zero-order chi connectivity index (χ0) is 19.8. The maximum atomic E-state index is 12.7. The predicted octanol–water partition coefficient (Wildman–Crippen LogP) is 3.51. The Morgan fingerprint density at radius 2 is 1.82 bits per heavy atom. The number of hydrogen-bond donors (Lipinski definition) is 2. The van der Waals surface area contributed by atoms with Crippen LogP contribution in [0.15, 0.2) is 29.1 Å². The van der Waals surface area contributed by atoms with E-state index in [-0.39, 0.29) is 17.4 Å². The number of nitrogens with two attached hydrogens (primary N) is 1. The number of benzene rings is 1. The van der Waals surface area contributed by atoms with Gasteiger partial charge >= 0.3 is 5.69 Å². The number of aromatic amines is 1. The number of rotatable bonds is 4. The lowest BCUT2D eigenvalue weighted by Gasteiger charge is -2.22. The van der Waals surface area contributed by atoms with Crippen LogP contribution in [0, 0.1) is 0 Å². The summed E-state index contributed by atoms with van der Waals surface area (Å²) in [6, 6.07) is 8.03. The van der Waals surface area contributed by atoms with E-state index in [9.17, 15) is 9.59 Å². The fourth-order valence-corrected chi connectivity index (χ4v) is 4.00. The van der Waals surface area contributed by atoms with Crippen molar-refractivity contribution in [3.63, 3.8) is 0 Å². The molecule has 1 fully saturated rings. The highest BCUT2D eigenvalue weighted by Crippen LogP contribution is 2.30. The molecule has 0 aliphatic heterocycles. The zero-order valence-corrected chi connectivity index (χ0v) is 16.2. The van der Waals surface area contributed by atoms with Gasteiger partial charge in [-0.25, -0.2) is 14.8 Å². The minimum Gasteiger partial charge on any atom is -0.364 e. The van der Waals surface area contributed by atoms with Gasteiger partial charge in [-0.15, -0.1) is 0 Å². The van der Waals surface area contributed by atoms with Crippen molar-refractivity contribution in [2.24, 2.45) is 5.73 Å². The lowest BCUT2D eigenvalue weighted by molar-refractivity contribution is 0.0997. The first-order chi connectivity index (χ1) is 13.5. The number of imidazole rings is 1. The Morgan fingerprint density at radius 1 is 1.14 bits per heavy atom. The van der Waals surface area contributed by atoms with E-state index in [1.165, 1.54) is 12.0 Å². The molecule has 4 rings (SSSR count). The number of carbonyl (C=O) groups excluding carboxylic acids is 1. The van der Waals surface area contributed by atoms with E-state index in [0.29, 0.717) is 22.9 Å². The molecule has 0 atom stereocenters. The van der Waals surface area contributed by atoms with Gasteiger partial charge in [-0.3, -0.25) is 9.36 Å². The Balaban J connectivity index is 1.90. The van der Waals surface area contributed by atoms with Crippen LogP contribution < -0.4 is 11.4 Å². The molecular weight excluding hydrogens is 354 g/mol. The number of nitrogens with one attached hydrogen (secondary N) is 1. The minimum atomic E-state index is -0.676. The maximum absolute atomic E-state index is 12.7. The molecule has 0 radical (unpaired) electrons. The van der Waals surface area contributed by atoms with E-state index in [1.807, 2.05) is 24.3 Å². The standard InChI is InChI=1S/C21H25N5O2/c1-12(2)13-8-10-14(11-9-13)19-23-16(18(22)27)17-20(25-19)26(21(28)24-17)15-6-4-3-5-7-15/h8-12,15H,3-7H2,1-2H3,(H2,22,27)(H,24,28). The van der Waals surface area contributed by atoms with Crippen LogP contribution in [0.25, 0.3) is 22.6 Å².